The van der Waals surface area contributed by atoms with Gasteiger partial charge in [-0.05, 0) is 45.3 Å². The van der Waals surface area contributed by atoms with E-state index in [4.69, 9.17) is 4.74 Å². The maximum atomic E-state index is 11.7. The Labute approximate surface area is 120 Å². The van der Waals surface area contributed by atoms with E-state index in [2.05, 4.69) is 16.0 Å². The Hall–Kier alpha value is -0.850. The number of piperidine rings is 1. The van der Waals surface area contributed by atoms with E-state index in [1.807, 2.05) is 0 Å². The average Bonchev–Trinajstić information content (AvgIpc) is 2.38. The van der Waals surface area contributed by atoms with Crippen LogP contribution >= 0.6 is 12.4 Å². The molecule has 0 bridgehead atoms. The maximum absolute atomic E-state index is 11.7. The van der Waals surface area contributed by atoms with Gasteiger partial charge in [-0.2, -0.15) is 0 Å². The van der Waals surface area contributed by atoms with Crippen LogP contribution in [-0.4, -0.2) is 51.7 Å². The van der Waals surface area contributed by atoms with Crippen LogP contribution in [0.5, 0.6) is 0 Å². The number of halogens is 1. The van der Waals surface area contributed by atoms with Gasteiger partial charge in [0.2, 0.25) is 5.91 Å². The molecule has 0 aliphatic carbocycles. The molecule has 0 saturated carbocycles. The largest absolute Gasteiger partial charge is 0.467 e. The molecular formula is C12H24ClN3O3. The van der Waals surface area contributed by atoms with Gasteiger partial charge in [-0.3, -0.25) is 4.79 Å². The lowest BCUT2D eigenvalue weighted by Gasteiger charge is -2.26. The molecule has 1 fully saturated rings. The van der Waals surface area contributed by atoms with Crippen LogP contribution in [-0.2, 0) is 14.3 Å². The van der Waals surface area contributed by atoms with E-state index >= 15 is 0 Å². The van der Waals surface area contributed by atoms with Gasteiger partial charge in [0.25, 0.3) is 0 Å². The average molecular weight is 294 g/mol. The minimum atomic E-state index is -0.529. The zero-order chi connectivity index (χ0) is 13.4. The molecule has 0 radical (unpaired) electrons. The van der Waals surface area contributed by atoms with Crippen molar-refractivity contribution in [2.24, 2.45) is 5.92 Å². The zero-order valence-corrected chi connectivity index (χ0v) is 12.3. The maximum Gasteiger partial charge on any atom is 0.328 e. The molecule has 112 valence electrons. The van der Waals surface area contributed by atoms with Crippen LogP contribution in [0.3, 0.4) is 0 Å². The van der Waals surface area contributed by atoms with Crippen LogP contribution in [0.25, 0.3) is 0 Å². The summed E-state index contributed by atoms with van der Waals surface area (Å²) >= 11 is 0. The molecule has 19 heavy (non-hydrogen) atoms. The van der Waals surface area contributed by atoms with Crippen molar-refractivity contribution in [3.63, 3.8) is 0 Å². The highest BCUT2D eigenvalue weighted by molar-refractivity contribution is 5.85. The number of hydrogen-bond donors (Lipinski definition) is 3. The van der Waals surface area contributed by atoms with Crippen molar-refractivity contribution in [3.05, 3.63) is 0 Å². The Kier molecular flexibility index (Phi) is 9.55. The number of amides is 1. The Balaban J connectivity index is 0.00000324. The highest BCUT2D eigenvalue weighted by atomic mass is 35.5. The third-order valence-corrected chi connectivity index (χ3v) is 3.19. The zero-order valence-electron chi connectivity index (χ0n) is 11.5. The molecule has 1 atom stereocenters. The SMILES string of the molecule is CNCC(=O)NC(CC1CCNCC1)C(=O)OC.Cl. The number of methoxy groups -OCH3 is 1. The number of nitrogens with one attached hydrogen (secondary N) is 3. The van der Waals surface area contributed by atoms with E-state index < -0.39 is 6.04 Å². The van der Waals surface area contributed by atoms with Crippen molar-refractivity contribution >= 4 is 24.3 Å². The molecule has 6 nitrogen and oxygen atoms in total. The van der Waals surface area contributed by atoms with Crippen LogP contribution in [0.1, 0.15) is 19.3 Å². The summed E-state index contributed by atoms with van der Waals surface area (Å²) in [7, 11) is 3.04. The summed E-state index contributed by atoms with van der Waals surface area (Å²) in [5, 5.41) is 8.76. The van der Waals surface area contributed by atoms with Gasteiger partial charge in [-0.1, -0.05) is 0 Å². The van der Waals surface area contributed by atoms with E-state index in [-0.39, 0.29) is 30.8 Å². The predicted molar refractivity (Wildman–Crippen MR) is 75.3 cm³/mol. The van der Waals surface area contributed by atoms with Crippen LogP contribution in [0.4, 0.5) is 0 Å². The summed E-state index contributed by atoms with van der Waals surface area (Å²) in [5.74, 6) is -0.0787. The van der Waals surface area contributed by atoms with E-state index in [1.165, 1.54) is 7.11 Å². The van der Waals surface area contributed by atoms with Gasteiger partial charge >= 0.3 is 5.97 Å². The van der Waals surface area contributed by atoms with E-state index in [0.717, 1.165) is 25.9 Å². The van der Waals surface area contributed by atoms with Crippen molar-refractivity contribution in [1.29, 1.82) is 0 Å². The first-order valence-corrected chi connectivity index (χ1v) is 6.40. The first kappa shape index (κ1) is 18.1. The second kappa shape index (κ2) is 10.00. The molecule has 7 heteroatoms. The first-order valence-electron chi connectivity index (χ1n) is 6.40. The van der Waals surface area contributed by atoms with E-state index in [1.54, 1.807) is 7.05 Å². The van der Waals surface area contributed by atoms with Crippen molar-refractivity contribution in [2.45, 2.75) is 25.3 Å². The lowest BCUT2D eigenvalue weighted by atomic mass is 9.91. The van der Waals surface area contributed by atoms with E-state index in [9.17, 15) is 9.59 Å². The normalized spacial score (nSPS) is 17.2. The second-order valence-corrected chi connectivity index (χ2v) is 4.60. The van der Waals surface area contributed by atoms with Gasteiger partial charge in [-0.15, -0.1) is 12.4 Å². The summed E-state index contributed by atoms with van der Waals surface area (Å²) in [6, 6.07) is -0.529. The molecule has 1 amide bonds. The number of ether oxygens (including phenoxy) is 1. The molecular weight excluding hydrogens is 270 g/mol. The number of esters is 1. The predicted octanol–water partition coefficient (Wildman–Crippen LogP) is -0.325. The van der Waals surface area contributed by atoms with Gasteiger partial charge in [0.05, 0.1) is 13.7 Å². The third-order valence-electron chi connectivity index (χ3n) is 3.19. The minimum Gasteiger partial charge on any atom is -0.467 e. The van der Waals surface area contributed by atoms with Crippen molar-refractivity contribution in [2.75, 3.05) is 33.8 Å². The Bertz CT molecular complexity index is 283. The standard InChI is InChI=1S/C12H23N3O3.ClH/c1-13-8-11(16)15-10(12(17)18-2)7-9-3-5-14-6-4-9;/h9-10,13-14H,3-8H2,1-2H3,(H,15,16);1H. The Morgan fingerprint density at radius 1 is 1.37 bits per heavy atom. The number of hydrogen-bond acceptors (Lipinski definition) is 5. The van der Waals surface area contributed by atoms with Gasteiger partial charge in [0.15, 0.2) is 0 Å². The van der Waals surface area contributed by atoms with Crippen molar-refractivity contribution < 1.29 is 14.3 Å². The number of carbonyl (C=O) groups excluding carboxylic acids is 2. The molecule has 1 heterocycles. The molecule has 1 saturated heterocycles. The van der Waals surface area contributed by atoms with Crippen LogP contribution in [0.15, 0.2) is 0 Å². The number of carbonyl (C=O) groups is 2. The third kappa shape index (κ3) is 6.75. The molecule has 0 aromatic carbocycles. The lowest BCUT2D eigenvalue weighted by Crippen LogP contribution is -2.46. The van der Waals surface area contributed by atoms with Crippen LogP contribution < -0.4 is 16.0 Å². The molecule has 1 rings (SSSR count). The monoisotopic (exact) mass is 293 g/mol. The number of likely N-dealkylation sites (N-methyl/N-ethyl adjacent to an activating group) is 1. The highest BCUT2D eigenvalue weighted by Crippen LogP contribution is 2.18. The van der Waals surface area contributed by atoms with Crippen molar-refractivity contribution in [3.8, 4) is 0 Å². The smallest absolute Gasteiger partial charge is 0.328 e. The molecule has 3 N–H and O–H groups in total. The summed E-state index contributed by atoms with van der Waals surface area (Å²) in [5.41, 5.74) is 0. The number of rotatable bonds is 6. The minimum absolute atomic E-state index is 0. The molecule has 0 spiro atoms. The lowest BCUT2D eigenvalue weighted by molar-refractivity contribution is -0.145. The van der Waals surface area contributed by atoms with Crippen LogP contribution in [0, 0.1) is 5.92 Å². The fraction of sp³-hybridized carbons (Fsp3) is 0.833. The molecule has 0 aromatic heterocycles. The Morgan fingerprint density at radius 3 is 2.53 bits per heavy atom. The summed E-state index contributed by atoms with van der Waals surface area (Å²) < 4.78 is 4.74. The van der Waals surface area contributed by atoms with Crippen LogP contribution in [0.2, 0.25) is 0 Å². The van der Waals surface area contributed by atoms with Gasteiger partial charge < -0.3 is 20.7 Å². The molecule has 1 aliphatic heterocycles. The fourth-order valence-corrected chi connectivity index (χ4v) is 2.21. The van der Waals surface area contributed by atoms with Crippen molar-refractivity contribution in [1.82, 2.24) is 16.0 Å². The van der Waals surface area contributed by atoms with Gasteiger partial charge in [-0.25, -0.2) is 4.79 Å². The Morgan fingerprint density at radius 2 is 2.00 bits per heavy atom. The second-order valence-electron chi connectivity index (χ2n) is 4.60. The molecule has 0 aromatic rings. The molecule has 1 aliphatic rings. The van der Waals surface area contributed by atoms with Gasteiger partial charge in [0, 0.05) is 0 Å². The first-order chi connectivity index (χ1) is 8.67. The molecule has 1 unspecified atom stereocenters. The summed E-state index contributed by atoms with van der Waals surface area (Å²) in [4.78, 5) is 23.2. The summed E-state index contributed by atoms with van der Waals surface area (Å²) in [6.07, 6.45) is 2.73. The quantitative estimate of drug-likeness (QED) is 0.585. The summed E-state index contributed by atoms with van der Waals surface area (Å²) in [6.45, 7) is 2.16. The topological polar surface area (TPSA) is 79.5 Å². The fourth-order valence-electron chi connectivity index (χ4n) is 2.21. The van der Waals surface area contributed by atoms with E-state index in [0.29, 0.717) is 12.3 Å². The highest BCUT2D eigenvalue weighted by Gasteiger charge is 2.26. The van der Waals surface area contributed by atoms with Gasteiger partial charge in [0.1, 0.15) is 6.04 Å².